The summed E-state index contributed by atoms with van der Waals surface area (Å²) in [5, 5.41) is 8.90. The number of hydrogen-bond acceptors (Lipinski definition) is 10. The fraction of sp³-hybridized carbons (Fsp3) is 0.214. The van der Waals surface area contributed by atoms with Crippen LogP contribution in [0.3, 0.4) is 0 Å². The summed E-state index contributed by atoms with van der Waals surface area (Å²) in [4.78, 5) is 20.9. The summed E-state index contributed by atoms with van der Waals surface area (Å²) in [5.41, 5.74) is 0.0277. The molecule has 1 heterocycles. The second kappa shape index (κ2) is 12.0. The van der Waals surface area contributed by atoms with E-state index in [9.17, 15) is 21.6 Å². The van der Waals surface area contributed by atoms with E-state index in [2.05, 4.69) is 9.98 Å². The molecule has 212 valence electrons. The number of nitriles is 1. The van der Waals surface area contributed by atoms with Crippen molar-refractivity contribution in [1.82, 2.24) is 4.72 Å². The maximum Gasteiger partial charge on any atom is 0.270 e. The minimum atomic E-state index is -4.19. The highest BCUT2D eigenvalue weighted by molar-refractivity contribution is 7.90. The number of nitrogens with one attached hydrogen (secondary N) is 1. The van der Waals surface area contributed by atoms with E-state index in [0.717, 1.165) is 6.26 Å². The fourth-order valence-corrected chi connectivity index (χ4v) is 6.37. The van der Waals surface area contributed by atoms with Crippen molar-refractivity contribution in [2.24, 2.45) is 9.98 Å². The first-order valence-electron chi connectivity index (χ1n) is 12.2. The van der Waals surface area contributed by atoms with Crippen molar-refractivity contribution >= 4 is 37.8 Å². The van der Waals surface area contributed by atoms with Crippen LogP contribution in [0.2, 0.25) is 0 Å². The number of ether oxygens (including phenoxy) is 2. The van der Waals surface area contributed by atoms with E-state index in [0.29, 0.717) is 23.0 Å². The predicted molar refractivity (Wildman–Crippen MR) is 152 cm³/mol. The lowest BCUT2D eigenvalue weighted by molar-refractivity contribution is -0.102. The van der Waals surface area contributed by atoms with Crippen LogP contribution in [0.5, 0.6) is 0 Å². The molecule has 1 aliphatic heterocycles. The highest BCUT2D eigenvalue weighted by Gasteiger charge is 2.40. The molecule has 0 aromatic heterocycles. The molecule has 0 bridgehead atoms. The molecule has 1 atom stereocenters. The summed E-state index contributed by atoms with van der Waals surface area (Å²) in [5.74, 6) is 0.0163. The third-order valence-electron chi connectivity index (χ3n) is 6.26. The van der Waals surface area contributed by atoms with Crippen molar-refractivity contribution < 1.29 is 31.1 Å². The highest BCUT2D eigenvalue weighted by atomic mass is 32.2. The Hall–Kier alpha value is -4.38. The normalized spacial score (nSPS) is 16.8. The van der Waals surface area contributed by atoms with Crippen molar-refractivity contribution in [3.8, 4) is 17.3 Å². The van der Waals surface area contributed by atoms with E-state index in [4.69, 9.17) is 14.7 Å². The van der Waals surface area contributed by atoms with Crippen molar-refractivity contribution in [3.63, 3.8) is 0 Å². The third-order valence-corrected chi connectivity index (χ3v) is 8.73. The Morgan fingerprint density at radius 1 is 0.951 bits per heavy atom. The van der Waals surface area contributed by atoms with Crippen LogP contribution in [0.1, 0.15) is 11.1 Å². The van der Waals surface area contributed by atoms with Crippen molar-refractivity contribution in [2.45, 2.75) is 21.9 Å². The average Bonchev–Trinajstić information content (AvgIpc) is 3.31. The molecule has 0 fully saturated rings. The number of methoxy groups -OCH3 is 1. The standard InChI is InChI=1S/C28H26N4O7S2/c1-38-14-15-39-27-24(18-33)31-28(32-27,22-8-4-3-5-9-22)17-21-13-12-20(16-26(21)40(2,34)35)23-10-6-7-11-25(23)41(36,37)30-19-29/h3-13,16,18,30H,14-15,17H2,1-2H3. The van der Waals surface area contributed by atoms with Crippen molar-refractivity contribution in [1.29, 1.82) is 5.26 Å². The Kier molecular flexibility index (Phi) is 8.67. The minimum absolute atomic E-state index is 0.0163. The number of carbonyl (C=O) groups is 1. The van der Waals surface area contributed by atoms with Gasteiger partial charge in [-0.25, -0.2) is 31.5 Å². The first-order chi connectivity index (χ1) is 19.5. The Labute approximate surface area is 238 Å². The van der Waals surface area contributed by atoms with Gasteiger partial charge in [0.15, 0.2) is 33.7 Å². The Bertz CT molecular complexity index is 1780. The summed E-state index contributed by atoms with van der Waals surface area (Å²) in [6.45, 7) is 0.379. The number of rotatable bonds is 11. The van der Waals surface area contributed by atoms with Gasteiger partial charge in [0.25, 0.3) is 10.0 Å². The van der Waals surface area contributed by atoms with Crippen molar-refractivity contribution in [3.05, 3.63) is 83.9 Å². The molecule has 4 rings (SSSR count). The molecule has 1 unspecified atom stereocenters. The maximum atomic E-state index is 13.1. The lowest BCUT2D eigenvalue weighted by atomic mass is 9.92. The summed E-state index contributed by atoms with van der Waals surface area (Å²) >= 11 is 0. The van der Waals surface area contributed by atoms with Gasteiger partial charge in [-0.2, -0.15) is 5.26 Å². The van der Waals surface area contributed by atoms with E-state index >= 15 is 0 Å². The van der Waals surface area contributed by atoms with Gasteiger partial charge in [0.2, 0.25) is 5.90 Å². The number of benzene rings is 3. The van der Waals surface area contributed by atoms with Crippen LogP contribution in [0, 0.1) is 11.5 Å². The molecular weight excluding hydrogens is 568 g/mol. The predicted octanol–water partition coefficient (Wildman–Crippen LogP) is 2.63. The summed E-state index contributed by atoms with van der Waals surface area (Å²) in [7, 11) is -6.54. The molecule has 41 heavy (non-hydrogen) atoms. The molecule has 3 aromatic carbocycles. The Balaban J connectivity index is 1.87. The van der Waals surface area contributed by atoms with Crippen LogP contribution in [0.4, 0.5) is 0 Å². The van der Waals surface area contributed by atoms with Gasteiger partial charge in [-0.15, -0.1) is 0 Å². The Morgan fingerprint density at radius 3 is 2.32 bits per heavy atom. The van der Waals surface area contributed by atoms with E-state index < -0.39 is 25.5 Å². The molecule has 1 N–H and O–H groups in total. The van der Waals surface area contributed by atoms with Crippen LogP contribution < -0.4 is 4.72 Å². The molecule has 0 saturated heterocycles. The lowest BCUT2D eigenvalue weighted by Crippen LogP contribution is -2.24. The van der Waals surface area contributed by atoms with E-state index in [-0.39, 0.29) is 46.6 Å². The number of nitrogens with zero attached hydrogens (tertiary/aromatic N) is 3. The smallest absolute Gasteiger partial charge is 0.270 e. The zero-order valence-electron chi connectivity index (χ0n) is 22.1. The average molecular weight is 595 g/mol. The topological polar surface area (TPSA) is 164 Å². The molecule has 11 nitrogen and oxygen atoms in total. The largest absolute Gasteiger partial charge is 0.474 e. The van der Waals surface area contributed by atoms with Crippen LogP contribution in [0.15, 0.2) is 92.6 Å². The van der Waals surface area contributed by atoms with Crippen LogP contribution >= 0.6 is 0 Å². The molecule has 0 saturated carbocycles. The van der Waals surface area contributed by atoms with Crippen LogP contribution in [-0.2, 0) is 46.2 Å². The maximum absolute atomic E-state index is 13.1. The van der Waals surface area contributed by atoms with Crippen LogP contribution in [-0.4, -0.2) is 61.3 Å². The quantitative estimate of drug-likeness (QED) is 0.153. The number of carbonyl (C=O) groups excluding carboxylic acids is 1. The molecule has 0 spiro atoms. The zero-order valence-corrected chi connectivity index (χ0v) is 23.8. The zero-order chi connectivity index (χ0) is 29.7. The van der Waals surface area contributed by atoms with Crippen LogP contribution in [0.25, 0.3) is 11.1 Å². The molecule has 1 aliphatic rings. The summed E-state index contributed by atoms with van der Waals surface area (Å²) < 4.78 is 63.9. The number of sulfone groups is 1. The number of aldehydes is 1. The molecule has 0 radical (unpaired) electrons. The monoisotopic (exact) mass is 594 g/mol. The van der Waals surface area contributed by atoms with Gasteiger partial charge in [0, 0.05) is 30.9 Å². The van der Waals surface area contributed by atoms with Crippen molar-refractivity contribution in [2.75, 3.05) is 26.6 Å². The first kappa shape index (κ1) is 29.6. The van der Waals surface area contributed by atoms with Gasteiger partial charge in [-0.1, -0.05) is 60.7 Å². The van der Waals surface area contributed by atoms with Gasteiger partial charge < -0.3 is 9.47 Å². The second-order valence-corrected chi connectivity index (χ2v) is 12.7. The summed E-state index contributed by atoms with van der Waals surface area (Å²) in [6, 6.07) is 19.4. The van der Waals surface area contributed by atoms with Gasteiger partial charge >= 0.3 is 0 Å². The molecular formula is C28H26N4O7S2. The third kappa shape index (κ3) is 6.35. The molecule has 0 aliphatic carbocycles. The minimum Gasteiger partial charge on any atom is -0.474 e. The van der Waals surface area contributed by atoms with E-state index in [1.54, 1.807) is 53.3 Å². The molecule has 3 aromatic rings. The van der Waals surface area contributed by atoms with Gasteiger partial charge in [-0.3, -0.25) is 4.79 Å². The fourth-order valence-electron chi connectivity index (χ4n) is 4.45. The van der Waals surface area contributed by atoms with Gasteiger partial charge in [0.05, 0.1) is 16.4 Å². The summed E-state index contributed by atoms with van der Waals surface area (Å²) in [6.07, 6.45) is 2.94. The van der Waals surface area contributed by atoms with Gasteiger partial charge in [-0.05, 0) is 23.3 Å². The number of aliphatic imine (C=N–C) groups is 2. The Morgan fingerprint density at radius 2 is 1.66 bits per heavy atom. The first-order valence-corrected chi connectivity index (χ1v) is 15.6. The highest BCUT2D eigenvalue weighted by Crippen LogP contribution is 2.39. The second-order valence-electron chi connectivity index (χ2n) is 9.04. The van der Waals surface area contributed by atoms with E-state index in [1.165, 1.54) is 37.6 Å². The lowest BCUT2D eigenvalue weighted by Gasteiger charge is -2.25. The SMILES string of the molecule is COCCOC1=NC(Cc2ccc(-c3ccccc3S(=O)(=O)NC#N)cc2S(C)(=O)=O)(c2ccccc2)N=C1C=O. The molecule has 13 heteroatoms. The number of hydrogen-bond donors (Lipinski definition) is 1. The van der Waals surface area contributed by atoms with E-state index in [1.807, 2.05) is 0 Å². The molecule has 0 amide bonds. The number of sulfonamides is 1. The van der Waals surface area contributed by atoms with Gasteiger partial charge in [0.1, 0.15) is 6.61 Å².